The van der Waals surface area contributed by atoms with Crippen LogP contribution in [0.25, 0.3) is 6.08 Å². The number of hydrogen-bond acceptors (Lipinski definition) is 9. The van der Waals surface area contributed by atoms with Crippen molar-refractivity contribution in [3.8, 4) is 5.75 Å². The Morgan fingerprint density at radius 1 is 1.19 bits per heavy atom. The van der Waals surface area contributed by atoms with E-state index in [1.54, 1.807) is 16.4 Å². The van der Waals surface area contributed by atoms with Gasteiger partial charge in [0.15, 0.2) is 11.6 Å². The minimum Gasteiger partial charge on any atom is -0.491 e. The van der Waals surface area contributed by atoms with Crippen LogP contribution in [0.2, 0.25) is 0 Å². The molecule has 1 aromatic carbocycles. The highest BCUT2D eigenvalue weighted by atomic mass is 32.2. The van der Waals surface area contributed by atoms with Gasteiger partial charge in [0.1, 0.15) is 5.75 Å². The van der Waals surface area contributed by atoms with E-state index in [2.05, 4.69) is 28.2 Å². The normalized spacial score (nSPS) is 16.8. The molecule has 0 saturated carbocycles. The topological polar surface area (TPSA) is 138 Å². The summed E-state index contributed by atoms with van der Waals surface area (Å²) in [6.45, 7) is 5.28. The molecular weight excluding hydrogens is 559 g/mol. The SMILES string of the molecule is CCC(=Cc1sc(C)n[n+]1CCCS(=O)(=O)O)C=C1Sc2ccc3c(c2N1CCCS(=O)(=O)O)OCC3. The summed E-state index contributed by atoms with van der Waals surface area (Å²) in [7, 11) is -8.10. The predicted octanol–water partition coefficient (Wildman–Crippen LogP) is 3.48. The Kier molecular flexibility index (Phi) is 8.65. The number of ether oxygens (including phenoxy) is 1. The van der Waals surface area contributed by atoms with Crippen molar-refractivity contribution in [1.29, 1.82) is 0 Å². The Morgan fingerprint density at radius 2 is 1.92 bits per heavy atom. The van der Waals surface area contributed by atoms with E-state index in [-0.39, 0.29) is 24.3 Å². The van der Waals surface area contributed by atoms with Crippen LogP contribution in [-0.2, 0) is 33.2 Å². The fourth-order valence-electron chi connectivity index (χ4n) is 4.23. The first kappa shape index (κ1) is 28.0. The quantitative estimate of drug-likeness (QED) is 0.296. The van der Waals surface area contributed by atoms with Crippen molar-refractivity contribution in [2.45, 2.75) is 51.0 Å². The Hall–Kier alpha value is -1.97. The fourth-order valence-corrected chi connectivity index (χ4v) is 7.28. The van der Waals surface area contributed by atoms with E-state index in [0.29, 0.717) is 19.7 Å². The van der Waals surface area contributed by atoms with Gasteiger partial charge >= 0.3 is 0 Å². The summed E-state index contributed by atoms with van der Waals surface area (Å²) in [5, 5.41) is 7.11. The number of fused-ring (bicyclic) bond motifs is 3. The predicted molar refractivity (Wildman–Crippen MR) is 144 cm³/mol. The van der Waals surface area contributed by atoms with Crippen LogP contribution in [0.1, 0.15) is 41.8 Å². The number of aryl methyl sites for hydroxylation is 2. The molecule has 10 nitrogen and oxygen atoms in total. The monoisotopic (exact) mass is 588 g/mol. The molecule has 2 aliphatic heterocycles. The first-order valence-corrected chi connectivity index (χ1v) is 16.7. The maximum Gasteiger partial charge on any atom is 0.289 e. The lowest BCUT2D eigenvalue weighted by atomic mass is 10.1. The van der Waals surface area contributed by atoms with Crippen LogP contribution in [0.4, 0.5) is 5.69 Å². The van der Waals surface area contributed by atoms with Crippen molar-refractivity contribution >= 4 is 55.1 Å². The molecule has 0 spiro atoms. The van der Waals surface area contributed by atoms with Gasteiger partial charge in [-0.15, -0.1) is 0 Å². The van der Waals surface area contributed by atoms with Gasteiger partial charge in [0.05, 0.1) is 28.8 Å². The molecule has 0 fully saturated rings. The molecule has 0 atom stereocenters. The third kappa shape index (κ3) is 7.33. The summed E-state index contributed by atoms with van der Waals surface area (Å²) < 4.78 is 70.8. The highest BCUT2D eigenvalue weighted by Crippen LogP contribution is 2.53. The van der Waals surface area contributed by atoms with E-state index in [1.165, 1.54) is 11.3 Å². The second-order valence-electron chi connectivity index (χ2n) is 8.77. The molecule has 14 heteroatoms. The summed E-state index contributed by atoms with van der Waals surface area (Å²) in [5.74, 6) is 0.175. The molecule has 0 saturated heterocycles. The number of allylic oxidation sites excluding steroid dienone is 2. The maximum absolute atomic E-state index is 11.3. The number of nitrogens with zero attached hydrogens (tertiary/aromatic N) is 3. The zero-order valence-corrected chi connectivity index (χ0v) is 23.8. The van der Waals surface area contributed by atoms with E-state index in [1.807, 2.05) is 19.9 Å². The number of thioether (sulfide) groups is 1. The lowest BCUT2D eigenvalue weighted by molar-refractivity contribution is -0.750. The van der Waals surface area contributed by atoms with E-state index in [0.717, 1.165) is 55.4 Å². The molecule has 0 bridgehead atoms. The first-order chi connectivity index (χ1) is 17.4. The van der Waals surface area contributed by atoms with E-state index < -0.39 is 20.2 Å². The highest BCUT2D eigenvalue weighted by molar-refractivity contribution is 8.03. The van der Waals surface area contributed by atoms with Crippen LogP contribution in [-0.4, -0.2) is 55.7 Å². The molecular formula is C23H30N3O7S4+. The lowest BCUT2D eigenvalue weighted by Crippen LogP contribution is -2.39. The van der Waals surface area contributed by atoms with Crippen molar-refractivity contribution in [2.75, 3.05) is 29.6 Å². The zero-order valence-electron chi connectivity index (χ0n) is 20.6. The molecule has 2 aliphatic rings. The molecule has 1 aromatic heterocycles. The molecule has 2 N–H and O–H groups in total. The largest absolute Gasteiger partial charge is 0.491 e. The molecule has 2 aromatic rings. The van der Waals surface area contributed by atoms with Gasteiger partial charge in [-0.3, -0.25) is 9.11 Å². The fraction of sp³-hybridized carbons (Fsp3) is 0.478. The number of aromatic nitrogens is 2. The van der Waals surface area contributed by atoms with Crippen molar-refractivity contribution in [2.24, 2.45) is 0 Å². The van der Waals surface area contributed by atoms with E-state index in [4.69, 9.17) is 9.29 Å². The highest BCUT2D eigenvalue weighted by Gasteiger charge is 2.32. The van der Waals surface area contributed by atoms with Gasteiger partial charge in [0.2, 0.25) is 0 Å². The van der Waals surface area contributed by atoms with Gasteiger partial charge in [-0.1, -0.05) is 29.4 Å². The first-order valence-electron chi connectivity index (χ1n) is 11.9. The molecule has 0 amide bonds. The van der Waals surface area contributed by atoms with Gasteiger partial charge in [-0.25, -0.2) is 0 Å². The third-order valence-corrected chi connectivity index (χ3v) is 9.52. The van der Waals surface area contributed by atoms with Crippen LogP contribution >= 0.6 is 23.1 Å². The van der Waals surface area contributed by atoms with Crippen LogP contribution in [0.5, 0.6) is 5.75 Å². The van der Waals surface area contributed by atoms with Gasteiger partial charge < -0.3 is 9.64 Å². The third-order valence-electron chi connectivity index (χ3n) is 5.89. The van der Waals surface area contributed by atoms with Crippen molar-refractivity contribution in [3.63, 3.8) is 0 Å². The summed E-state index contributed by atoms with van der Waals surface area (Å²) in [6.07, 6.45) is 6.13. The molecule has 0 radical (unpaired) electrons. The Balaban J connectivity index is 1.64. The second kappa shape index (κ2) is 11.4. The van der Waals surface area contributed by atoms with Crippen molar-refractivity contribution in [1.82, 2.24) is 5.10 Å². The number of anilines is 1. The molecule has 4 rings (SSSR count). The summed E-state index contributed by atoms with van der Waals surface area (Å²) in [4.78, 5) is 3.10. The number of hydrogen-bond donors (Lipinski definition) is 2. The number of rotatable bonds is 11. The maximum atomic E-state index is 11.3. The summed E-state index contributed by atoms with van der Waals surface area (Å²) >= 11 is 3.08. The van der Waals surface area contributed by atoms with E-state index >= 15 is 0 Å². The average molecular weight is 589 g/mol. The molecule has 0 aliphatic carbocycles. The summed E-state index contributed by atoms with van der Waals surface area (Å²) in [6, 6.07) is 4.13. The average Bonchev–Trinajstić information content (AvgIpc) is 3.48. The second-order valence-corrected chi connectivity index (χ2v) is 14.2. The van der Waals surface area contributed by atoms with Crippen LogP contribution in [0.3, 0.4) is 0 Å². The van der Waals surface area contributed by atoms with E-state index in [9.17, 15) is 21.4 Å². The minimum atomic E-state index is -4.07. The molecule has 3 heterocycles. The van der Waals surface area contributed by atoms with Crippen LogP contribution in [0.15, 0.2) is 33.7 Å². The lowest BCUT2D eigenvalue weighted by Gasteiger charge is -2.22. The van der Waals surface area contributed by atoms with Crippen LogP contribution < -0.4 is 14.3 Å². The Bertz CT molecular complexity index is 1450. The Labute approximate surface area is 225 Å². The van der Waals surface area contributed by atoms with Crippen molar-refractivity contribution < 1.29 is 35.4 Å². The Morgan fingerprint density at radius 3 is 2.62 bits per heavy atom. The van der Waals surface area contributed by atoms with Gasteiger partial charge in [0.25, 0.3) is 25.2 Å². The molecule has 37 heavy (non-hydrogen) atoms. The van der Waals surface area contributed by atoms with Gasteiger partial charge in [0, 0.05) is 35.5 Å². The standard InChI is InChI=1S/C23H29N3O7S4/c1-3-17(15-21-26(24-16(2)34-21)10-5-13-37(30,31)32)14-20-25(9-4-12-36(27,28)29)22-19(35-20)7-6-18-8-11-33-23(18)22/h6-7,14-15H,3-5,8-13H2,1-2H3,(H-,27,28,29,30,31,32)/p+1. The zero-order chi connectivity index (χ0) is 26.8. The molecule has 202 valence electrons. The van der Waals surface area contributed by atoms with Crippen LogP contribution in [0, 0.1) is 6.92 Å². The van der Waals surface area contributed by atoms with Gasteiger partial charge in [-0.05, 0) is 54.4 Å². The van der Waals surface area contributed by atoms with Crippen molar-refractivity contribution in [3.05, 3.63) is 44.4 Å². The summed E-state index contributed by atoms with van der Waals surface area (Å²) in [5.41, 5.74) is 3.07. The van der Waals surface area contributed by atoms with Gasteiger partial charge in [-0.2, -0.15) is 16.8 Å². The smallest absolute Gasteiger partial charge is 0.289 e. The number of benzene rings is 1. The minimum absolute atomic E-state index is 0.244. The molecule has 0 unspecified atom stereocenters.